The molecular formula is C14H22F2N2. The molecule has 0 aromatic heterocycles. The van der Waals surface area contributed by atoms with E-state index in [0.717, 1.165) is 24.9 Å². The molecule has 0 amide bonds. The quantitative estimate of drug-likeness (QED) is 0.848. The van der Waals surface area contributed by atoms with E-state index in [1.54, 1.807) is 6.07 Å². The average Bonchev–Trinajstić information content (AvgIpc) is 2.21. The molecule has 1 rings (SSSR count). The molecule has 2 nitrogen and oxygen atoms in total. The van der Waals surface area contributed by atoms with Gasteiger partial charge in [0.25, 0.3) is 0 Å². The number of nitrogens with two attached hydrogens (primary N) is 1. The second-order valence-corrected chi connectivity index (χ2v) is 5.58. The van der Waals surface area contributed by atoms with Crippen LogP contribution in [0.4, 0.5) is 8.78 Å². The lowest BCUT2D eigenvalue weighted by Crippen LogP contribution is -2.33. The van der Waals surface area contributed by atoms with Crippen LogP contribution in [0.3, 0.4) is 0 Å². The second kappa shape index (κ2) is 6.25. The van der Waals surface area contributed by atoms with Crippen molar-refractivity contribution in [3.05, 3.63) is 35.4 Å². The Morgan fingerprint density at radius 1 is 1.22 bits per heavy atom. The van der Waals surface area contributed by atoms with Gasteiger partial charge >= 0.3 is 0 Å². The van der Waals surface area contributed by atoms with E-state index in [0.29, 0.717) is 6.54 Å². The minimum absolute atomic E-state index is 0.150. The van der Waals surface area contributed by atoms with Crippen LogP contribution < -0.4 is 5.73 Å². The van der Waals surface area contributed by atoms with Crippen molar-refractivity contribution in [1.82, 2.24) is 4.90 Å². The monoisotopic (exact) mass is 256 g/mol. The summed E-state index contributed by atoms with van der Waals surface area (Å²) < 4.78 is 25.8. The van der Waals surface area contributed by atoms with Gasteiger partial charge in [0.1, 0.15) is 0 Å². The molecule has 0 unspecified atom stereocenters. The van der Waals surface area contributed by atoms with E-state index in [1.807, 2.05) is 20.9 Å². The van der Waals surface area contributed by atoms with Crippen molar-refractivity contribution in [1.29, 1.82) is 0 Å². The predicted octanol–water partition coefficient (Wildman–Crippen LogP) is 2.91. The number of halogens is 2. The summed E-state index contributed by atoms with van der Waals surface area (Å²) in [5.74, 6) is -1.59. The number of rotatable bonds is 6. The highest BCUT2D eigenvalue weighted by atomic mass is 19.2. The summed E-state index contributed by atoms with van der Waals surface area (Å²) >= 11 is 0. The zero-order chi connectivity index (χ0) is 13.8. The Bertz CT molecular complexity index is 386. The van der Waals surface area contributed by atoms with E-state index in [9.17, 15) is 8.78 Å². The third-order valence-electron chi connectivity index (χ3n) is 2.80. The van der Waals surface area contributed by atoms with Crippen LogP contribution in [0, 0.1) is 11.6 Å². The van der Waals surface area contributed by atoms with Crippen molar-refractivity contribution >= 4 is 0 Å². The number of benzene rings is 1. The molecule has 0 fully saturated rings. The molecule has 0 radical (unpaired) electrons. The smallest absolute Gasteiger partial charge is 0.159 e. The zero-order valence-electron chi connectivity index (χ0n) is 11.3. The lowest BCUT2D eigenvalue weighted by Gasteiger charge is -2.21. The van der Waals surface area contributed by atoms with E-state index in [2.05, 4.69) is 4.90 Å². The Hall–Kier alpha value is -1.00. The summed E-state index contributed by atoms with van der Waals surface area (Å²) in [5, 5.41) is 0. The van der Waals surface area contributed by atoms with Crippen molar-refractivity contribution in [3.8, 4) is 0 Å². The Balaban J connectivity index is 2.40. The summed E-state index contributed by atoms with van der Waals surface area (Å²) in [6.45, 7) is 5.51. The predicted molar refractivity (Wildman–Crippen MR) is 70.2 cm³/mol. The molecule has 18 heavy (non-hydrogen) atoms. The SMILES string of the molecule is CN(CCCC(C)(C)N)Cc1ccc(F)c(F)c1. The molecule has 0 heterocycles. The van der Waals surface area contributed by atoms with Crippen molar-refractivity contribution in [2.75, 3.05) is 13.6 Å². The first-order valence-electron chi connectivity index (χ1n) is 6.19. The highest BCUT2D eigenvalue weighted by Gasteiger charge is 2.11. The van der Waals surface area contributed by atoms with Crippen LogP contribution >= 0.6 is 0 Å². The zero-order valence-corrected chi connectivity index (χ0v) is 11.3. The maximum atomic E-state index is 13.0. The van der Waals surface area contributed by atoms with Crippen molar-refractivity contribution < 1.29 is 8.78 Å². The van der Waals surface area contributed by atoms with Crippen LogP contribution in [-0.2, 0) is 6.54 Å². The lowest BCUT2D eigenvalue weighted by atomic mass is 10.00. The van der Waals surface area contributed by atoms with Gasteiger partial charge in [0.15, 0.2) is 11.6 Å². The highest BCUT2D eigenvalue weighted by molar-refractivity contribution is 5.17. The number of hydrogen-bond donors (Lipinski definition) is 1. The van der Waals surface area contributed by atoms with Gasteiger partial charge in [-0.25, -0.2) is 8.78 Å². The minimum atomic E-state index is -0.800. The summed E-state index contributed by atoms with van der Waals surface area (Å²) in [7, 11) is 1.96. The largest absolute Gasteiger partial charge is 0.326 e. The summed E-state index contributed by atoms with van der Waals surface area (Å²) in [4.78, 5) is 2.08. The second-order valence-electron chi connectivity index (χ2n) is 5.58. The topological polar surface area (TPSA) is 29.3 Å². The third-order valence-corrected chi connectivity index (χ3v) is 2.80. The van der Waals surface area contributed by atoms with Crippen LogP contribution in [0.25, 0.3) is 0 Å². The van der Waals surface area contributed by atoms with Gasteiger partial charge in [0.2, 0.25) is 0 Å². The molecule has 1 aromatic rings. The molecule has 4 heteroatoms. The first-order chi connectivity index (χ1) is 8.28. The molecule has 0 atom stereocenters. The molecule has 2 N–H and O–H groups in total. The van der Waals surface area contributed by atoms with Crippen molar-refractivity contribution in [3.63, 3.8) is 0 Å². The molecule has 0 aliphatic carbocycles. The fourth-order valence-electron chi connectivity index (χ4n) is 1.83. The van der Waals surface area contributed by atoms with Crippen LogP contribution in [0.15, 0.2) is 18.2 Å². The van der Waals surface area contributed by atoms with Gasteiger partial charge in [-0.1, -0.05) is 6.07 Å². The van der Waals surface area contributed by atoms with Crippen LogP contribution in [-0.4, -0.2) is 24.0 Å². The maximum Gasteiger partial charge on any atom is 0.159 e. The molecule has 0 bridgehead atoms. The third kappa shape index (κ3) is 5.56. The van der Waals surface area contributed by atoms with Gasteiger partial charge < -0.3 is 10.6 Å². The number of nitrogens with zero attached hydrogens (tertiary/aromatic N) is 1. The summed E-state index contributed by atoms with van der Waals surface area (Å²) in [6.07, 6.45) is 1.93. The molecule has 0 spiro atoms. The molecule has 0 aliphatic heterocycles. The van der Waals surface area contributed by atoms with Gasteiger partial charge in [-0.15, -0.1) is 0 Å². The van der Waals surface area contributed by atoms with Crippen LogP contribution in [0.2, 0.25) is 0 Å². The molecule has 1 aromatic carbocycles. The van der Waals surface area contributed by atoms with Crippen molar-refractivity contribution in [2.45, 2.75) is 38.8 Å². The maximum absolute atomic E-state index is 13.0. The molecule has 0 aliphatic rings. The molecular weight excluding hydrogens is 234 g/mol. The van der Waals surface area contributed by atoms with Gasteiger partial charge in [-0.05, 0) is 58.0 Å². The van der Waals surface area contributed by atoms with E-state index in [1.165, 1.54) is 12.1 Å². The lowest BCUT2D eigenvalue weighted by molar-refractivity contribution is 0.302. The average molecular weight is 256 g/mol. The first kappa shape index (κ1) is 15.1. The Kier molecular flexibility index (Phi) is 5.23. The first-order valence-corrected chi connectivity index (χ1v) is 6.19. The molecule has 102 valence electrons. The van der Waals surface area contributed by atoms with Crippen LogP contribution in [0.1, 0.15) is 32.3 Å². The standard InChI is InChI=1S/C14H22F2N2/c1-14(2,17)7-4-8-18(3)10-11-5-6-12(15)13(16)9-11/h5-6,9H,4,7-8,10,17H2,1-3H3. The number of hydrogen-bond acceptors (Lipinski definition) is 2. The van der Waals surface area contributed by atoms with Gasteiger partial charge in [-0.2, -0.15) is 0 Å². The minimum Gasteiger partial charge on any atom is -0.326 e. The Labute approximate surface area is 108 Å². The van der Waals surface area contributed by atoms with Crippen LogP contribution in [0.5, 0.6) is 0 Å². The van der Waals surface area contributed by atoms with Gasteiger partial charge in [0, 0.05) is 12.1 Å². The van der Waals surface area contributed by atoms with E-state index >= 15 is 0 Å². The summed E-state index contributed by atoms with van der Waals surface area (Å²) in [6, 6.07) is 4.03. The fraction of sp³-hybridized carbons (Fsp3) is 0.571. The Morgan fingerprint density at radius 2 is 1.89 bits per heavy atom. The Morgan fingerprint density at radius 3 is 2.44 bits per heavy atom. The van der Waals surface area contributed by atoms with E-state index < -0.39 is 11.6 Å². The fourth-order valence-corrected chi connectivity index (χ4v) is 1.83. The highest BCUT2D eigenvalue weighted by Crippen LogP contribution is 2.12. The van der Waals surface area contributed by atoms with E-state index in [-0.39, 0.29) is 5.54 Å². The van der Waals surface area contributed by atoms with Crippen molar-refractivity contribution in [2.24, 2.45) is 5.73 Å². The van der Waals surface area contributed by atoms with Gasteiger partial charge in [0.05, 0.1) is 0 Å². The van der Waals surface area contributed by atoms with Gasteiger partial charge in [-0.3, -0.25) is 0 Å². The summed E-state index contributed by atoms with van der Waals surface area (Å²) in [5.41, 5.74) is 6.53. The normalized spacial score (nSPS) is 12.2. The molecule has 0 saturated heterocycles. The van der Waals surface area contributed by atoms with E-state index in [4.69, 9.17) is 5.73 Å². The molecule has 0 saturated carbocycles.